The molecule has 0 spiro atoms. The maximum absolute atomic E-state index is 13.3. The highest BCUT2D eigenvalue weighted by atomic mass is 19.3. The molecule has 1 nitrogen and oxygen atoms in total. The summed E-state index contributed by atoms with van der Waals surface area (Å²) in [6, 6.07) is 1.77. The van der Waals surface area contributed by atoms with Crippen molar-refractivity contribution in [1.29, 1.82) is 0 Å². The molecular formula is C10H11F2N. The number of alkyl halides is 2. The average molecular weight is 183 g/mol. The lowest BCUT2D eigenvalue weighted by Gasteiger charge is -2.24. The maximum atomic E-state index is 13.3. The van der Waals surface area contributed by atoms with Crippen molar-refractivity contribution in [1.82, 2.24) is 4.98 Å². The quantitative estimate of drug-likeness (QED) is 0.602. The molecule has 13 heavy (non-hydrogen) atoms. The fraction of sp³-hybridized carbons (Fsp3) is 0.500. The lowest BCUT2D eigenvalue weighted by Crippen LogP contribution is -2.21. The molecule has 1 aliphatic rings. The average Bonchev–Trinajstić information content (AvgIpc) is 2.02. The molecule has 0 amide bonds. The monoisotopic (exact) mass is 183 g/mol. The van der Waals surface area contributed by atoms with Crippen molar-refractivity contribution >= 4 is 0 Å². The number of hydrogen-bond acceptors (Lipinski definition) is 1. The Kier molecular flexibility index (Phi) is 1.82. The molecule has 0 aliphatic heterocycles. The van der Waals surface area contributed by atoms with Gasteiger partial charge in [0.15, 0.2) is 0 Å². The smallest absolute Gasteiger partial charge is 0.261 e. The number of rotatable bonds is 0. The second-order valence-corrected chi connectivity index (χ2v) is 3.54. The summed E-state index contributed by atoms with van der Waals surface area (Å²) >= 11 is 0. The van der Waals surface area contributed by atoms with E-state index in [2.05, 4.69) is 4.98 Å². The van der Waals surface area contributed by atoms with Gasteiger partial charge in [0.1, 0.15) is 0 Å². The van der Waals surface area contributed by atoms with Gasteiger partial charge in [-0.3, -0.25) is 4.98 Å². The highest BCUT2D eigenvalue weighted by Gasteiger charge is 2.36. The Hall–Kier alpha value is -0.990. The Bertz CT molecular complexity index is 334. The molecule has 0 atom stereocenters. The van der Waals surface area contributed by atoms with Crippen LogP contribution in [0.1, 0.15) is 29.7 Å². The highest BCUT2D eigenvalue weighted by molar-refractivity contribution is 5.32. The Morgan fingerprint density at radius 1 is 1.46 bits per heavy atom. The molecule has 0 N–H and O–H groups in total. The summed E-state index contributed by atoms with van der Waals surface area (Å²) in [7, 11) is 0. The van der Waals surface area contributed by atoms with Crippen molar-refractivity contribution in [3.05, 3.63) is 29.1 Å². The minimum absolute atomic E-state index is 0.0370. The van der Waals surface area contributed by atoms with Gasteiger partial charge < -0.3 is 0 Å². The molecular weight excluding hydrogens is 172 g/mol. The van der Waals surface area contributed by atoms with Gasteiger partial charge in [0, 0.05) is 23.9 Å². The normalized spacial score (nSPS) is 19.6. The van der Waals surface area contributed by atoms with Crippen molar-refractivity contribution in [2.75, 3.05) is 0 Å². The molecule has 0 fully saturated rings. The molecule has 0 unspecified atom stereocenters. The molecule has 0 bridgehead atoms. The van der Waals surface area contributed by atoms with Gasteiger partial charge in [0.2, 0.25) is 0 Å². The van der Waals surface area contributed by atoms with Crippen molar-refractivity contribution in [2.45, 2.75) is 32.1 Å². The minimum Gasteiger partial charge on any atom is -0.261 e. The molecule has 2 rings (SSSR count). The minimum atomic E-state index is -2.66. The zero-order valence-corrected chi connectivity index (χ0v) is 7.48. The maximum Gasteiger partial charge on any atom is 0.275 e. The molecule has 0 radical (unpaired) electrons. The van der Waals surface area contributed by atoms with E-state index in [4.69, 9.17) is 0 Å². The SMILES string of the molecule is Cc1cc2c(cn1)C(F)(F)CCC2. The number of aromatic nitrogens is 1. The summed E-state index contributed by atoms with van der Waals surface area (Å²) in [4.78, 5) is 3.91. The summed E-state index contributed by atoms with van der Waals surface area (Å²) in [6.07, 6.45) is 2.62. The van der Waals surface area contributed by atoms with Crippen molar-refractivity contribution in [2.24, 2.45) is 0 Å². The van der Waals surface area contributed by atoms with Crippen LogP contribution in [0, 0.1) is 6.92 Å². The Labute approximate surface area is 75.8 Å². The van der Waals surface area contributed by atoms with Crippen LogP contribution >= 0.6 is 0 Å². The van der Waals surface area contributed by atoms with E-state index in [1.807, 2.05) is 6.92 Å². The summed E-state index contributed by atoms with van der Waals surface area (Å²) in [6.45, 7) is 1.83. The van der Waals surface area contributed by atoms with E-state index in [1.165, 1.54) is 6.20 Å². The van der Waals surface area contributed by atoms with Gasteiger partial charge in [-0.15, -0.1) is 0 Å². The Morgan fingerprint density at radius 3 is 3.00 bits per heavy atom. The molecule has 0 saturated carbocycles. The second-order valence-electron chi connectivity index (χ2n) is 3.54. The third-order valence-electron chi connectivity index (χ3n) is 2.46. The molecule has 70 valence electrons. The van der Waals surface area contributed by atoms with Gasteiger partial charge >= 0.3 is 0 Å². The second kappa shape index (κ2) is 2.76. The molecule has 0 saturated heterocycles. The number of pyridine rings is 1. The van der Waals surface area contributed by atoms with Crippen LogP contribution in [0.5, 0.6) is 0 Å². The van der Waals surface area contributed by atoms with E-state index in [0.717, 1.165) is 17.7 Å². The summed E-state index contributed by atoms with van der Waals surface area (Å²) < 4.78 is 26.6. The van der Waals surface area contributed by atoms with Crippen LogP contribution in [0.3, 0.4) is 0 Å². The van der Waals surface area contributed by atoms with Gasteiger partial charge in [0.05, 0.1) is 0 Å². The van der Waals surface area contributed by atoms with E-state index in [1.54, 1.807) is 6.07 Å². The first-order valence-electron chi connectivity index (χ1n) is 4.43. The first kappa shape index (κ1) is 8.60. The summed E-state index contributed by atoms with van der Waals surface area (Å²) in [5, 5.41) is 0. The number of nitrogens with zero attached hydrogens (tertiary/aromatic N) is 1. The lowest BCUT2D eigenvalue weighted by molar-refractivity contribution is -0.0220. The van der Waals surface area contributed by atoms with E-state index < -0.39 is 5.92 Å². The van der Waals surface area contributed by atoms with Crippen molar-refractivity contribution in [3.8, 4) is 0 Å². The van der Waals surface area contributed by atoms with Crippen LogP contribution in [0.4, 0.5) is 8.78 Å². The van der Waals surface area contributed by atoms with Crippen LogP contribution in [0.15, 0.2) is 12.3 Å². The zero-order chi connectivity index (χ0) is 9.47. The van der Waals surface area contributed by atoms with Gasteiger partial charge in [-0.1, -0.05) is 0 Å². The first-order chi connectivity index (χ1) is 6.09. The van der Waals surface area contributed by atoms with E-state index in [-0.39, 0.29) is 12.0 Å². The number of hydrogen-bond donors (Lipinski definition) is 0. The fourth-order valence-corrected chi connectivity index (χ4v) is 1.79. The fourth-order valence-electron chi connectivity index (χ4n) is 1.79. The third-order valence-corrected chi connectivity index (χ3v) is 2.46. The van der Waals surface area contributed by atoms with Crippen LogP contribution < -0.4 is 0 Å². The van der Waals surface area contributed by atoms with Crippen LogP contribution in [0.2, 0.25) is 0 Å². The third kappa shape index (κ3) is 1.43. The number of halogens is 2. The van der Waals surface area contributed by atoms with Crippen molar-refractivity contribution in [3.63, 3.8) is 0 Å². The highest BCUT2D eigenvalue weighted by Crippen LogP contribution is 2.39. The summed E-state index contributed by atoms with van der Waals surface area (Å²) in [5.41, 5.74) is 1.71. The standard InChI is InChI=1S/C10H11F2N/c1-7-5-8-3-2-4-10(11,12)9(8)6-13-7/h5-6H,2-4H2,1H3. The van der Waals surface area contributed by atoms with Crippen LogP contribution in [-0.4, -0.2) is 4.98 Å². The predicted molar refractivity (Wildman–Crippen MR) is 45.8 cm³/mol. The molecule has 3 heteroatoms. The van der Waals surface area contributed by atoms with Gasteiger partial charge in [-0.25, -0.2) is 8.78 Å². The van der Waals surface area contributed by atoms with E-state index in [0.29, 0.717) is 6.42 Å². The largest absolute Gasteiger partial charge is 0.275 e. The Balaban J connectivity index is 2.53. The topological polar surface area (TPSA) is 12.9 Å². The molecule has 1 heterocycles. The van der Waals surface area contributed by atoms with E-state index >= 15 is 0 Å². The van der Waals surface area contributed by atoms with E-state index in [9.17, 15) is 8.78 Å². The zero-order valence-electron chi connectivity index (χ0n) is 7.48. The van der Waals surface area contributed by atoms with Crippen molar-refractivity contribution < 1.29 is 8.78 Å². The van der Waals surface area contributed by atoms with Crippen LogP contribution in [-0.2, 0) is 12.3 Å². The Morgan fingerprint density at radius 2 is 2.23 bits per heavy atom. The number of aryl methyl sites for hydroxylation is 2. The molecule has 1 aliphatic carbocycles. The molecule has 1 aromatic heterocycles. The first-order valence-corrected chi connectivity index (χ1v) is 4.43. The number of fused-ring (bicyclic) bond motifs is 1. The summed E-state index contributed by atoms with van der Waals surface area (Å²) in [5.74, 6) is -2.66. The molecule has 0 aromatic carbocycles. The van der Waals surface area contributed by atoms with Crippen LogP contribution in [0.25, 0.3) is 0 Å². The predicted octanol–water partition coefficient (Wildman–Crippen LogP) is 2.82. The van der Waals surface area contributed by atoms with Gasteiger partial charge in [-0.2, -0.15) is 0 Å². The lowest BCUT2D eigenvalue weighted by atomic mass is 9.90. The van der Waals surface area contributed by atoms with Gasteiger partial charge in [-0.05, 0) is 31.4 Å². The molecule has 1 aromatic rings. The van der Waals surface area contributed by atoms with Gasteiger partial charge in [0.25, 0.3) is 5.92 Å².